The van der Waals surface area contributed by atoms with Crippen molar-refractivity contribution in [2.24, 2.45) is 5.92 Å². The zero-order valence-electron chi connectivity index (χ0n) is 11.6. The van der Waals surface area contributed by atoms with Gasteiger partial charge in [-0.2, -0.15) is 0 Å². The van der Waals surface area contributed by atoms with Crippen molar-refractivity contribution < 1.29 is 14.3 Å². The van der Waals surface area contributed by atoms with Crippen LogP contribution in [0.25, 0.3) is 0 Å². The van der Waals surface area contributed by atoms with Gasteiger partial charge in [-0.3, -0.25) is 4.90 Å². The molecule has 0 amide bonds. The number of hydrogen-bond acceptors (Lipinski definition) is 4. The average molecular weight is 266 g/mol. The Morgan fingerprint density at radius 3 is 2.74 bits per heavy atom. The molecule has 106 valence electrons. The van der Waals surface area contributed by atoms with Crippen LogP contribution >= 0.6 is 0 Å². The Kier molecular flexibility index (Phi) is 4.61. The van der Waals surface area contributed by atoms with E-state index in [1.54, 1.807) is 6.07 Å². The van der Waals surface area contributed by atoms with E-state index in [1.807, 2.05) is 0 Å². The lowest BCUT2D eigenvalue weighted by Gasteiger charge is -2.33. The first kappa shape index (κ1) is 14.1. The third-order valence-electron chi connectivity index (χ3n) is 3.67. The van der Waals surface area contributed by atoms with Crippen molar-refractivity contribution in [3.63, 3.8) is 0 Å². The van der Waals surface area contributed by atoms with Crippen molar-refractivity contribution in [1.82, 2.24) is 9.80 Å². The van der Waals surface area contributed by atoms with Gasteiger partial charge >= 0.3 is 5.97 Å². The molecule has 19 heavy (non-hydrogen) atoms. The molecule has 1 aliphatic heterocycles. The molecule has 1 saturated heterocycles. The Labute approximate surface area is 113 Å². The lowest BCUT2D eigenvalue weighted by atomic mass is 9.96. The molecule has 0 unspecified atom stereocenters. The van der Waals surface area contributed by atoms with Gasteiger partial charge < -0.3 is 14.4 Å². The molecule has 0 aliphatic carbocycles. The van der Waals surface area contributed by atoms with Crippen LogP contribution in [0.5, 0.6) is 0 Å². The minimum atomic E-state index is -0.984. The van der Waals surface area contributed by atoms with Gasteiger partial charge in [0.1, 0.15) is 0 Å². The summed E-state index contributed by atoms with van der Waals surface area (Å²) in [4.78, 5) is 15.5. The van der Waals surface area contributed by atoms with Crippen molar-refractivity contribution in [1.29, 1.82) is 0 Å². The third kappa shape index (κ3) is 3.81. The monoisotopic (exact) mass is 266 g/mol. The van der Waals surface area contributed by atoms with Crippen LogP contribution in [0.1, 0.15) is 29.0 Å². The first-order chi connectivity index (χ1) is 9.06. The first-order valence-corrected chi connectivity index (χ1v) is 6.73. The molecule has 0 bridgehead atoms. The van der Waals surface area contributed by atoms with Gasteiger partial charge in [0.25, 0.3) is 0 Å². The molecule has 1 aromatic heterocycles. The van der Waals surface area contributed by atoms with E-state index in [2.05, 4.69) is 23.9 Å². The topological polar surface area (TPSA) is 56.9 Å². The molecule has 2 rings (SSSR count). The fourth-order valence-electron chi connectivity index (χ4n) is 2.73. The van der Waals surface area contributed by atoms with E-state index >= 15 is 0 Å². The number of rotatable bonds is 5. The molecule has 1 aromatic rings. The highest BCUT2D eigenvalue weighted by atomic mass is 16.4. The second-order valence-corrected chi connectivity index (χ2v) is 5.56. The summed E-state index contributed by atoms with van der Waals surface area (Å²) in [6.45, 7) is 3.87. The molecule has 2 heterocycles. The van der Waals surface area contributed by atoms with Gasteiger partial charge in [0.05, 0.1) is 6.26 Å². The smallest absolute Gasteiger partial charge is 0.372 e. The number of likely N-dealkylation sites (tertiary alicyclic amines) is 1. The first-order valence-electron chi connectivity index (χ1n) is 6.73. The van der Waals surface area contributed by atoms with Gasteiger partial charge in [-0.05, 0) is 52.0 Å². The Morgan fingerprint density at radius 1 is 1.47 bits per heavy atom. The van der Waals surface area contributed by atoms with Gasteiger partial charge in [-0.25, -0.2) is 4.79 Å². The van der Waals surface area contributed by atoms with Crippen molar-refractivity contribution >= 4 is 5.97 Å². The summed E-state index contributed by atoms with van der Waals surface area (Å²) in [5, 5.41) is 9.01. The highest BCUT2D eigenvalue weighted by Gasteiger charge is 2.22. The van der Waals surface area contributed by atoms with Gasteiger partial charge in [0.15, 0.2) is 0 Å². The van der Waals surface area contributed by atoms with Crippen molar-refractivity contribution in [3.05, 3.63) is 23.7 Å². The minimum absolute atomic E-state index is 0.0791. The van der Waals surface area contributed by atoms with Crippen LogP contribution in [0.2, 0.25) is 0 Å². The van der Waals surface area contributed by atoms with Crippen LogP contribution in [-0.2, 0) is 6.54 Å². The van der Waals surface area contributed by atoms with Crippen LogP contribution in [0.3, 0.4) is 0 Å². The van der Waals surface area contributed by atoms with Crippen LogP contribution in [0.15, 0.2) is 16.7 Å². The van der Waals surface area contributed by atoms with E-state index in [4.69, 9.17) is 9.52 Å². The van der Waals surface area contributed by atoms with Crippen molar-refractivity contribution in [2.45, 2.75) is 19.4 Å². The van der Waals surface area contributed by atoms with Crippen LogP contribution < -0.4 is 0 Å². The maximum Gasteiger partial charge on any atom is 0.372 e. The summed E-state index contributed by atoms with van der Waals surface area (Å²) in [7, 11) is 4.22. The van der Waals surface area contributed by atoms with E-state index in [0.29, 0.717) is 6.54 Å². The number of furan rings is 1. The van der Waals surface area contributed by atoms with Crippen molar-refractivity contribution in [2.75, 3.05) is 33.7 Å². The summed E-state index contributed by atoms with van der Waals surface area (Å²) in [5.41, 5.74) is 0.776. The minimum Gasteiger partial charge on any atom is -0.475 e. The third-order valence-corrected chi connectivity index (χ3v) is 3.67. The van der Waals surface area contributed by atoms with E-state index in [1.165, 1.54) is 19.1 Å². The summed E-state index contributed by atoms with van der Waals surface area (Å²) in [6.07, 6.45) is 3.81. The van der Waals surface area contributed by atoms with E-state index < -0.39 is 5.97 Å². The van der Waals surface area contributed by atoms with Crippen LogP contribution in [-0.4, -0.2) is 54.6 Å². The predicted molar refractivity (Wildman–Crippen MR) is 72.2 cm³/mol. The molecule has 0 spiro atoms. The summed E-state index contributed by atoms with van der Waals surface area (Å²) < 4.78 is 5.01. The highest BCUT2D eigenvalue weighted by molar-refractivity contribution is 5.86. The van der Waals surface area contributed by atoms with E-state index in [9.17, 15) is 4.79 Å². The molecular weight excluding hydrogens is 244 g/mol. The second-order valence-electron chi connectivity index (χ2n) is 5.56. The number of carboxylic acid groups (broad SMARTS) is 1. The fraction of sp³-hybridized carbons (Fsp3) is 0.643. The molecule has 0 saturated carbocycles. The lowest BCUT2D eigenvalue weighted by molar-refractivity contribution is 0.0658. The Hall–Kier alpha value is -1.33. The molecule has 1 aliphatic rings. The van der Waals surface area contributed by atoms with Gasteiger partial charge in [0.2, 0.25) is 5.76 Å². The van der Waals surface area contributed by atoms with Gasteiger partial charge in [0, 0.05) is 18.7 Å². The molecule has 0 radical (unpaired) electrons. The zero-order valence-corrected chi connectivity index (χ0v) is 11.6. The van der Waals surface area contributed by atoms with Crippen molar-refractivity contribution in [3.8, 4) is 0 Å². The molecule has 0 aromatic carbocycles. The fourth-order valence-corrected chi connectivity index (χ4v) is 2.73. The molecular formula is C14H22N2O3. The number of carboxylic acids is 1. The Bertz CT molecular complexity index is 420. The number of carbonyl (C=O) groups is 1. The molecule has 1 fully saturated rings. The quantitative estimate of drug-likeness (QED) is 0.880. The lowest BCUT2D eigenvalue weighted by Crippen LogP contribution is -2.36. The highest BCUT2D eigenvalue weighted by Crippen LogP contribution is 2.21. The van der Waals surface area contributed by atoms with Gasteiger partial charge in [-0.15, -0.1) is 0 Å². The van der Waals surface area contributed by atoms with E-state index in [-0.39, 0.29) is 5.76 Å². The standard InChI is InChI=1S/C14H22N2O3/c1-15(2)9-11-3-6-16(7-4-11)10-12-5-8-19-13(12)14(17)18/h5,8,11H,3-4,6-7,9-10H2,1-2H3,(H,17,18). The normalized spacial score (nSPS) is 18.1. The largest absolute Gasteiger partial charge is 0.475 e. The molecule has 0 atom stereocenters. The maximum absolute atomic E-state index is 11.0. The number of piperidine rings is 1. The summed E-state index contributed by atoms with van der Waals surface area (Å²) in [5.74, 6) is -0.146. The molecule has 5 nitrogen and oxygen atoms in total. The summed E-state index contributed by atoms with van der Waals surface area (Å²) >= 11 is 0. The number of aromatic carboxylic acids is 1. The zero-order chi connectivity index (χ0) is 13.8. The van der Waals surface area contributed by atoms with Crippen LogP contribution in [0.4, 0.5) is 0 Å². The maximum atomic E-state index is 11.0. The predicted octanol–water partition coefficient (Wildman–Crippen LogP) is 1.75. The van der Waals surface area contributed by atoms with Gasteiger partial charge in [-0.1, -0.05) is 0 Å². The number of nitrogens with zero attached hydrogens (tertiary/aromatic N) is 2. The van der Waals surface area contributed by atoms with Crippen LogP contribution in [0, 0.1) is 5.92 Å². The molecule has 1 N–H and O–H groups in total. The SMILES string of the molecule is CN(C)CC1CCN(Cc2ccoc2C(=O)O)CC1. The second kappa shape index (κ2) is 6.21. The average Bonchev–Trinajstić information content (AvgIpc) is 2.79. The molecule has 5 heteroatoms. The Morgan fingerprint density at radius 2 is 2.16 bits per heavy atom. The summed E-state index contributed by atoms with van der Waals surface area (Å²) in [6, 6.07) is 1.76. The number of hydrogen-bond donors (Lipinski definition) is 1. The van der Waals surface area contributed by atoms with E-state index in [0.717, 1.165) is 31.1 Å². The Balaban J connectivity index is 1.85.